The van der Waals surface area contributed by atoms with Crippen molar-refractivity contribution in [3.63, 3.8) is 0 Å². The lowest BCUT2D eigenvalue weighted by Crippen LogP contribution is -2.28. The maximum atomic E-state index is 11.5. The normalized spacial score (nSPS) is 21.9. The Hall–Kier alpha value is -0.870. The summed E-state index contributed by atoms with van der Waals surface area (Å²) in [5, 5.41) is 3.34. The van der Waals surface area contributed by atoms with Crippen LogP contribution in [0.5, 0.6) is 0 Å². The minimum Gasteiger partial charge on any atom is -0.316 e. The molecule has 0 aromatic heterocycles. The summed E-state index contributed by atoms with van der Waals surface area (Å²) in [6.07, 6.45) is 3.55. The zero-order valence-electron chi connectivity index (χ0n) is 9.44. The van der Waals surface area contributed by atoms with Crippen molar-refractivity contribution >= 4 is 9.84 Å². The van der Waals surface area contributed by atoms with E-state index in [1.807, 2.05) is 18.2 Å². The summed E-state index contributed by atoms with van der Waals surface area (Å²) in [7, 11) is -3.08. The van der Waals surface area contributed by atoms with Crippen molar-refractivity contribution in [2.24, 2.45) is 0 Å². The number of sulfone groups is 1. The van der Waals surface area contributed by atoms with E-state index in [1.165, 1.54) is 6.26 Å². The van der Waals surface area contributed by atoms with Crippen LogP contribution < -0.4 is 5.32 Å². The summed E-state index contributed by atoms with van der Waals surface area (Å²) in [5.41, 5.74) is 1.13. The molecular weight excluding hydrogens is 222 g/mol. The number of benzene rings is 1. The molecule has 2 rings (SSSR count). The fraction of sp³-hybridized carbons (Fsp3) is 0.500. The maximum absolute atomic E-state index is 11.5. The summed E-state index contributed by atoms with van der Waals surface area (Å²) in [5.74, 6) is 0.454. The average Bonchev–Trinajstić information content (AvgIpc) is 2.29. The monoisotopic (exact) mass is 239 g/mol. The number of rotatable bonds is 2. The largest absolute Gasteiger partial charge is 0.316 e. The second kappa shape index (κ2) is 4.55. The van der Waals surface area contributed by atoms with Crippen molar-refractivity contribution in [3.05, 3.63) is 29.8 Å². The number of nitrogens with one attached hydrogen (secondary N) is 1. The van der Waals surface area contributed by atoms with Gasteiger partial charge in [0.25, 0.3) is 0 Å². The molecule has 0 amide bonds. The fourth-order valence-corrected chi connectivity index (χ4v) is 2.81. The summed E-state index contributed by atoms with van der Waals surface area (Å²) in [6, 6.07) is 7.33. The molecule has 88 valence electrons. The molecule has 1 aliphatic rings. The van der Waals surface area contributed by atoms with Crippen LogP contribution in [0.25, 0.3) is 0 Å². The van der Waals surface area contributed by atoms with Crippen molar-refractivity contribution in [2.45, 2.75) is 23.7 Å². The van der Waals surface area contributed by atoms with Crippen molar-refractivity contribution in [2.75, 3.05) is 19.3 Å². The Morgan fingerprint density at radius 3 is 2.81 bits per heavy atom. The van der Waals surface area contributed by atoms with E-state index in [0.29, 0.717) is 10.8 Å². The van der Waals surface area contributed by atoms with Gasteiger partial charge < -0.3 is 5.32 Å². The molecule has 1 aromatic rings. The van der Waals surface area contributed by atoms with Gasteiger partial charge in [-0.15, -0.1) is 0 Å². The van der Waals surface area contributed by atoms with Gasteiger partial charge in [0.15, 0.2) is 9.84 Å². The van der Waals surface area contributed by atoms with Crippen LogP contribution >= 0.6 is 0 Å². The highest BCUT2D eigenvalue weighted by Gasteiger charge is 2.16. The SMILES string of the molecule is CS(=O)(=O)c1cccc([C@@H]2CCCNC2)c1. The molecule has 1 fully saturated rings. The molecule has 0 bridgehead atoms. The van der Waals surface area contributed by atoms with Gasteiger partial charge in [-0.05, 0) is 43.0 Å². The molecule has 0 unspecified atom stereocenters. The molecule has 1 N–H and O–H groups in total. The first-order valence-electron chi connectivity index (χ1n) is 5.58. The van der Waals surface area contributed by atoms with Crippen LogP contribution in [0.2, 0.25) is 0 Å². The minimum absolute atomic E-state index is 0.426. The van der Waals surface area contributed by atoms with E-state index in [9.17, 15) is 8.42 Å². The van der Waals surface area contributed by atoms with Crippen LogP contribution in [0.3, 0.4) is 0 Å². The van der Waals surface area contributed by atoms with Gasteiger partial charge in [0.1, 0.15) is 0 Å². The third-order valence-electron chi connectivity index (χ3n) is 3.05. The first kappa shape index (κ1) is 11.6. The molecule has 16 heavy (non-hydrogen) atoms. The number of hydrogen-bond acceptors (Lipinski definition) is 3. The van der Waals surface area contributed by atoms with E-state index < -0.39 is 9.84 Å². The predicted molar refractivity (Wildman–Crippen MR) is 64.4 cm³/mol. The van der Waals surface area contributed by atoms with Gasteiger partial charge in [0.05, 0.1) is 4.90 Å². The van der Waals surface area contributed by atoms with Crippen molar-refractivity contribution in [1.82, 2.24) is 5.32 Å². The second-order valence-electron chi connectivity index (χ2n) is 4.39. The molecule has 4 heteroatoms. The van der Waals surface area contributed by atoms with Crippen LogP contribution in [0.1, 0.15) is 24.3 Å². The smallest absolute Gasteiger partial charge is 0.175 e. The summed E-state index contributed by atoms with van der Waals surface area (Å²) < 4.78 is 22.9. The van der Waals surface area contributed by atoms with Crippen LogP contribution in [0, 0.1) is 0 Å². The Kier molecular flexibility index (Phi) is 3.30. The van der Waals surface area contributed by atoms with Gasteiger partial charge in [0.2, 0.25) is 0 Å². The van der Waals surface area contributed by atoms with Crippen molar-refractivity contribution in [3.8, 4) is 0 Å². The van der Waals surface area contributed by atoms with Gasteiger partial charge in [-0.1, -0.05) is 12.1 Å². The number of piperidine rings is 1. The lowest BCUT2D eigenvalue weighted by Gasteiger charge is -2.23. The third kappa shape index (κ3) is 2.62. The van der Waals surface area contributed by atoms with Gasteiger partial charge >= 0.3 is 0 Å². The van der Waals surface area contributed by atoms with E-state index in [1.54, 1.807) is 6.07 Å². The molecule has 1 atom stereocenters. The van der Waals surface area contributed by atoms with Gasteiger partial charge in [0, 0.05) is 12.8 Å². The van der Waals surface area contributed by atoms with E-state index in [4.69, 9.17) is 0 Å². The second-order valence-corrected chi connectivity index (χ2v) is 6.40. The molecule has 0 aliphatic carbocycles. The van der Waals surface area contributed by atoms with Gasteiger partial charge in [-0.2, -0.15) is 0 Å². The van der Waals surface area contributed by atoms with Crippen LogP contribution in [0.15, 0.2) is 29.2 Å². The highest BCUT2D eigenvalue weighted by molar-refractivity contribution is 7.90. The molecule has 1 aromatic carbocycles. The average molecular weight is 239 g/mol. The van der Waals surface area contributed by atoms with Gasteiger partial charge in [-0.25, -0.2) is 8.42 Å². The van der Waals surface area contributed by atoms with E-state index in [-0.39, 0.29) is 0 Å². The molecule has 3 nitrogen and oxygen atoms in total. The van der Waals surface area contributed by atoms with E-state index in [2.05, 4.69) is 5.32 Å². The van der Waals surface area contributed by atoms with Crippen LogP contribution in [0.4, 0.5) is 0 Å². The molecule has 1 saturated heterocycles. The molecule has 0 spiro atoms. The standard InChI is InChI=1S/C12H17NO2S/c1-16(14,15)12-6-2-4-10(8-12)11-5-3-7-13-9-11/h2,4,6,8,11,13H,3,5,7,9H2,1H3/t11-/m1/s1. The predicted octanol–water partition coefficient (Wildman–Crippen LogP) is 1.56. The van der Waals surface area contributed by atoms with Crippen LogP contribution in [-0.4, -0.2) is 27.8 Å². The Balaban J connectivity index is 2.28. The first-order chi connectivity index (χ1) is 7.57. The summed E-state index contributed by atoms with van der Waals surface area (Å²) in [6.45, 7) is 2.02. The Morgan fingerprint density at radius 2 is 2.19 bits per heavy atom. The van der Waals surface area contributed by atoms with Crippen molar-refractivity contribution < 1.29 is 8.42 Å². The lowest BCUT2D eigenvalue weighted by atomic mass is 9.92. The first-order valence-corrected chi connectivity index (χ1v) is 7.47. The van der Waals surface area contributed by atoms with Gasteiger partial charge in [-0.3, -0.25) is 0 Å². The highest BCUT2D eigenvalue weighted by Crippen LogP contribution is 2.24. The zero-order valence-corrected chi connectivity index (χ0v) is 10.3. The molecule has 0 radical (unpaired) electrons. The van der Waals surface area contributed by atoms with E-state index in [0.717, 1.165) is 31.5 Å². The summed E-state index contributed by atoms with van der Waals surface area (Å²) >= 11 is 0. The highest BCUT2D eigenvalue weighted by atomic mass is 32.2. The molecule has 0 saturated carbocycles. The van der Waals surface area contributed by atoms with E-state index >= 15 is 0 Å². The molecule has 1 heterocycles. The quantitative estimate of drug-likeness (QED) is 0.852. The molecule has 1 aliphatic heterocycles. The summed E-state index contributed by atoms with van der Waals surface area (Å²) in [4.78, 5) is 0.426. The lowest BCUT2D eigenvalue weighted by molar-refractivity contribution is 0.461. The Bertz CT molecular complexity index is 462. The number of hydrogen-bond donors (Lipinski definition) is 1. The van der Waals surface area contributed by atoms with Crippen LogP contribution in [-0.2, 0) is 9.84 Å². The Morgan fingerprint density at radius 1 is 1.38 bits per heavy atom. The Labute approximate surface area is 96.8 Å². The fourth-order valence-electron chi connectivity index (χ4n) is 2.14. The minimum atomic E-state index is -3.08. The zero-order chi connectivity index (χ0) is 11.6. The maximum Gasteiger partial charge on any atom is 0.175 e. The molecular formula is C12H17NO2S. The topological polar surface area (TPSA) is 46.2 Å². The third-order valence-corrected chi connectivity index (χ3v) is 4.16. The van der Waals surface area contributed by atoms with Crippen molar-refractivity contribution in [1.29, 1.82) is 0 Å².